The molecule has 8 heteroatoms. The van der Waals surface area contributed by atoms with Gasteiger partial charge in [-0.3, -0.25) is 4.90 Å². The average molecular weight is 355 g/mol. The molecule has 0 radical (unpaired) electrons. The molecule has 0 bridgehead atoms. The normalized spacial score (nSPS) is 11.1. The lowest BCUT2D eigenvalue weighted by molar-refractivity contribution is 0.0601. The van der Waals surface area contributed by atoms with Crippen molar-refractivity contribution in [1.82, 2.24) is 24.6 Å². The summed E-state index contributed by atoms with van der Waals surface area (Å²) in [5.74, 6) is 1.63. The second-order valence-corrected chi connectivity index (χ2v) is 5.84. The molecule has 3 aromatic rings. The molecule has 2 aromatic heterocycles. The first-order chi connectivity index (χ1) is 12.6. The third-order valence-electron chi connectivity index (χ3n) is 4.12. The van der Waals surface area contributed by atoms with Crippen molar-refractivity contribution in [2.24, 2.45) is 7.05 Å². The molecular formula is C18H21N5O3. The Morgan fingerprint density at radius 1 is 1.27 bits per heavy atom. The lowest BCUT2D eigenvalue weighted by atomic mass is 10.1. The van der Waals surface area contributed by atoms with E-state index in [-0.39, 0.29) is 5.97 Å². The van der Waals surface area contributed by atoms with E-state index in [1.165, 1.54) is 7.11 Å². The van der Waals surface area contributed by atoms with Crippen LogP contribution in [-0.2, 0) is 24.9 Å². The number of methoxy groups -OCH3 is 1. The Balaban J connectivity index is 1.68. The zero-order chi connectivity index (χ0) is 18.5. The quantitative estimate of drug-likeness (QED) is 0.601. The van der Waals surface area contributed by atoms with Gasteiger partial charge in [0.15, 0.2) is 0 Å². The fraction of sp³-hybridized carbons (Fsp3) is 0.333. The SMILES string of the molecule is CCN(Cc1nc(-c2ccc(C(=O)OC)cc2)no1)Cc1nccn1C. The second-order valence-electron chi connectivity index (χ2n) is 5.84. The first kappa shape index (κ1) is 17.8. The third kappa shape index (κ3) is 3.97. The highest BCUT2D eigenvalue weighted by molar-refractivity contribution is 5.89. The van der Waals surface area contributed by atoms with Crippen molar-refractivity contribution in [3.63, 3.8) is 0 Å². The van der Waals surface area contributed by atoms with Gasteiger partial charge in [-0.25, -0.2) is 9.78 Å². The number of carbonyl (C=O) groups excluding carboxylic acids is 1. The van der Waals surface area contributed by atoms with Crippen LogP contribution in [0, 0.1) is 0 Å². The number of hydrogen-bond donors (Lipinski definition) is 0. The van der Waals surface area contributed by atoms with Crippen molar-refractivity contribution < 1.29 is 14.1 Å². The number of carbonyl (C=O) groups is 1. The van der Waals surface area contributed by atoms with Crippen LogP contribution in [-0.4, -0.2) is 44.2 Å². The molecule has 0 atom stereocenters. The molecule has 136 valence electrons. The number of aryl methyl sites for hydroxylation is 1. The Morgan fingerprint density at radius 3 is 2.65 bits per heavy atom. The van der Waals surface area contributed by atoms with Crippen molar-refractivity contribution in [3.05, 3.63) is 53.9 Å². The van der Waals surface area contributed by atoms with Gasteiger partial charge in [-0.1, -0.05) is 24.2 Å². The van der Waals surface area contributed by atoms with Crippen LogP contribution in [0.2, 0.25) is 0 Å². The third-order valence-corrected chi connectivity index (χ3v) is 4.12. The monoisotopic (exact) mass is 355 g/mol. The summed E-state index contributed by atoms with van der Waals surface area (Å²) < 4.78 is 12.1. The van der Waals surface area contributed by atoms with Gasteiger partial charge in [0.2, 0.25) is 11.7 Å². The molecule has 2 heterocycles. The van der Waals surface area contributed by atoms with Gasteiger partial charge in [0.1, 0.15) is 5.82 Å². The number of hydrogen-bond acceptors (Lipinski definition) is 7. The van der Waals surface area contributed by atoms with E-state index in [1.54, 1.807) is 30.5 Å². The van der Waals surface area contributed by atoms with Gasteiger partial charge in [0.05, 0.1) is 25.8 Å². The number of rotatable bonds is 7. The number of ether oxygens (including phenoxy) is 1. The first-order valence-electron chi connectivity index (χ1n) is 8.30. The summed E-state index contributed by atoms with van der Waals surface area (Å²) in [7, 11) is 3.32. The Labute approximate surface area is 151 Å². The Kier molecular flexibility index (Phi) is 5.43. The van der Waals surface area contributed by atoms with E-state index in [0.29, 0.717) is 30.4 Å². The number of esters is 1. The van der Waals surface area contributed by atoms with E-state index < -0.39 is 0 Å². The summed E-state index contributed by atoms with van der Waals surface area (Å²) in [6.45, 7) is 4.15. The van der Waals surface area contributed by atoms with Crippen LogP contribution in [0.4, 0.5) is 0 Å². The fourth-order valence-electron chi connectivity index (χ4n) is 2.53. The van der Waals surface area contributed by atoms with E-state index in [9.17, 15) is 4.79 Å². The molecule has 0 saturated carbocycles. The minimum atomic E-state index is -0.377. The van der Waals surface area contributed by atoms with Crippen LogP contribution >= 0.6 is 0 Å². The van der Waals surface area contributed by atoms with Crippen molar-refractivity contribution in [1.29, 1.82) is 0 Å². The molecule has 26 heavy (non-hydrogen) atoms. The van der Waals surface area contributed by atoms with E-state index in [1.807, 2.05) is 17.8 Å². The Bertz CT molecular complexity index is 869. The fourth-order valence-corrected chi connectivity index (χ4v) is 2.53. The standard InChI is InChI=1S/C18H21N5O3/c1-4-23(11-15-19-9-10-22(15)2)12-16-20-17(21-26-16)13-5-7-14(8-6-13)18(24)25-3/h5-10H,4,11-12H2,1-3H3. The van der Waals surface area contributed by atoms with Crippen LogP contribution in [0.1, 0.15) is 29.0 Å². The summed E-state index contributed by atoms with van der Waals surface area (Å²) in [5.41, 5.74) is 1.26. The number of nitrogens with zero attached hydrogens (tertiary/aromatic N) is 5. The van der Waals surface area contributed by atoms with Gasteiger partial charge in [0.25, 0.3) is 0 Å². The highest BCUT2D eigenvalue weighted by Gasteiger charge is 2.14. The van der Waals surface area contributed by atoms with Crippen LogP contribution in [0.3, 0.4) is 0 Å². The predicted molar refractivity (Wildman–Crippen MR) is 94.1 cm³/mol. The minimum Gasteiger partial charge on any atom is -0.465 e. The second kappa shape index (κ2) is 7.92. The summed E-state index contributed by atoms with van der Waals surface area (Å²) in [4.78, 5) is 22.5. The molecule has 1 aromatic carbocycles. The van der Waals surface area contributed by atoms with Gasteiger partial charge in [0, 0.05) is 25.0 Å². The molecule has 0 fully saturated rings. The molecule has 0 unspecified atom stereocenters. The van der Waals surface area contributed by atoms with Crippen LogP contribution in [0.5, 0.6) is 0 Å². The van der Waals surface area contributed by atoms with Gasteiger partial charge in [-0.2, -0.15) is 4.98 Å². The number of benzene rings is 1. The van der Waals surface area contributed by atoms with Crippen molar-refractivity contribution in [3.8, 4) is 11.4 Å². The van der Waals surface area contributed by atoms with Gasteiger partial charge < -0.3 is 13.8 Å². The van der Waals surface area contributed by atoms with Gasteiger partial charge >= 0.3 is 5.97 Å². The summed E-state index contributed by atoms with van der Waals surface area (Å²) in [6, 6.07) is 6.89. The van der Waals surface area contributed by atoms with E-state index in [4.69, 9.17) is 9.26 Å². The molecule has 0 saturated heterocycles. The topological polar surface area (TPSA) is 86.3 Å². The summed E-state index contributed by atoms with van der Waals surface area (Å²) in [6.07, 6.45) is 3.71. The van der Waals surface area contributed by atoms with E-state index >= 15 is 0 Å². The van der Waals surface area contributed by atoms with Crippen molar-refractivity contribution in [2.45, 2.75) is 20.0 Å². The van der Waals surface area contributed by atoms with Gasteiger partial charge in [-0.15, -0.1) is 0 Å². The molecule has 0 aliphatic carbocycles. The van der Waals surface area contributed by atoms with Crippen molar-refractivity contribution >= 4 is 5.97 Å². The zero-order valence-corrected chi connectivity index (χ0v) is 15.0. The van der Waals surface area contributed by atoms with Crippen LogP contribution < -0.4 is 0 Å². The lowest BCUT2D eigenvalue weighted by Crippen LogP contribution is -2.24. The average Bonchev–Trinajstić information content (AvgIpc) is 3.30. The molecule has 0 aliphatic heterocycles. The molecule has 0 spiro atoms. The largest absolute Gasteiger partial charge is 0.465 e. The predicted octanol–water partition coefficient (Wildman–Crippen LogP) is 2.28. The molecule has 8 nitrogen and oxygen atoms in total. The maximum absolute atomic E-state index is 11.5. The van der Waals surface area contributed by atoms with Crippen LogP contribution in [0.15, 0.2) is 41.2 Å². The summed E-state index contributed by atoms with van der Waals surface area (Å²) in [5, 5.41) is 4.03. The highest BCUT2D eigenvalue weighted by atomic mass is 16.5. The lowest BCUT2D eigenvalue weighted by Gasteiger charge is -2.17. The Hall–Kier alpha value is -3.00. The van der Waals surface area contributed by atoms with Crippen LogP contribution in [0.25, 0.3) is 11.4 Å². The molecule has 0 N–H and O–H groups in total. The van der Waals surface area contributed by atoms with E-state index in [0.717, 1.165) is 17.9 Å². The summed E-state index contributed by atoms with van der Waals surface area (Å²) >= 11 is 0. The smallest absolute Gasteiger partial charge is 0.337 e. The maximum atomic E-state index is 11.5. The molecular weight excluding hydrogens is 334 g/mol. The van der Waals surface area contributed by atoms with E-state index in [2.05, 4.69) is 26.9 Å². The zero-order valence-electron chi connectivity index (χ0n) is 15.0. The highest BCUT2D eigenvalue weighted by Crippen LogP contribution is 2.18. The maximum Gasteiger partial charge on any atom is 0.337 e. The minimum absolute atomic E-state index is 0.377. The van der Waals surface area contributed by atoms with Crippen molar-refractivity contribution in [2.75, 3.05) is 13.7 Å². The molecule has 0 amide bonds. The molecule has 0 aliphatic rings. The number of aromatic nitrogens is 4. The Morgan fingerprint density at radius 2 is 2.04 bits per heavy atom. The number of imidazole rings is 1. The molecule has 3 rings (SSSR count). The van der Waals surface area contributed by atoms with Gasteiger partial charge in [-0.05, 0) is 18.7 Å². The first-order valence-corrected chi connectivity index (χ1v) is 8.30.